The van der Waals surface area contributed by atoms with Gasteiger partial charge >= 0.3 is 0 Å². The van der Waals surface area contributed by atoms with Gasteiger partial charge in [-0.25, -0.2) is 9.97 Å². The van der Waals surface area contributed by atoms with Crippen molar-refractivity contribution in [3.63, 3.8) is 0 Å². The molecule has 0 spiro atoms. The molecule has 1 fully saturated rings. The molecule has 98 valence electrons. The maximum absolute atomic E-state index is 12.2. The second kappa shape index (κ2) is 6.11. The number of ether oxygens (including phenoxy) is 1. The minimum Gasteiger partial charge on any atom is -0.377 e. The molecule has 0 radical (unpaired) electrons. The van der Waals surface area contributed by atoms with Crippen molar-refractivity contribution in [2.24, 2.45) is 0 Å². The van der Waals surface area contributed by atoms with Crippen molar-refractivity contribution in [3.8, 4) is 0 Å². The maximum atomic E-state index is 12.2. The largest absolute Gasteiger partial charge is 0.377 e. The second-order valence-corrected chi connectivity index (χ2v) is 4.58. The topological polar surface area (TPSA) is 55.3 Å². The van der Waals surface area contributed by atoms with E-state index in [2.05, 4.69) is 9.97 Å². The first-order chi connectivity index (χ1) is 8.70. The zero-order valence-electron chi connectivity index (χ0n) is 10.3. The maximum Gasteiger partial charge on any atom is 0.274 e. The third-order valence-electron chi connectivity index (χ3n) is 2.91. The van der Waals surface area contributed by atoms with Crippen molar-refractivity contribution in [3.05, 3.63) is 23.2 Å². The quantitative estimate of drug-likeness (QED) is 0.839. The lowest BCUT2D eigenvalue weighted by molar-refractivity contribution is 0.00701. The molecular formula is C12H16ClN3O2. The third-order valence-corrected chi connectivity index (χ3v) is 3.10. The lowest BCUT2D eigenvalue weighted by Crippen LogP contribution is -2.43. The number of aromatic nitrogens is 2. The van der Waals surface area contributed by atoms with Crippen LogP contribution in [0.15, 0.2) is 12.4 Å². The first kappa shape index (κ1) is 13.2. The smallest absolute Gasteiger partial charge is 0.274 e. The molecule has 1 aromatic rings. The highest BCUT2D eigenvalue weighted by molar-refractivity contribution is 6.29. The van der Waals surface area contributed by atoms with Gasteiger partial charge in [-0.3, -0.25) is 4.79 Å². The van der Waals surface area contributed by atoms with Crippen LogP contribution in [0.1, 0.15) is 30.3 Å². The molecule has 1 unspecified atom stereocenters. The highest BCUT2D eigenvalue weighted by Gasteiger charge is 2.25. The number of rotatable bonds is 3. The SMILES string of the molecule is CCOC1CCCN(C(=O)c2cnc(Cl)cn2)C1. The number of nitrogens with zero attached hydrogens (tertiary/aromatic N) is 3. The molecule has 0 bridgehead atoms. The summed E-state index contributed by atoms with van der Waals surface area (Å²) in [5.74, 6) is -0.108. The van der Waals surface area contributed by atoms with Gasteiger partial charge in [-0.15, -0.1) is 0 Å². The highest BCUT2D eigenvalue weighted by Crippen LogP contribution is 2.15. The van der Waals surface area contributed by atoms with Crippen LogP contribution in [-0.2, 0) is 4.74 Å². The number of amides is 1. The van der Waals surface area contributed by atoms with Gasteiger partial charge in [-0.1, -0.05) is 11.6 Å². The monoisotopic (exact) mass is 269 g/mol. The molecular weight excluding hydrogens is 254 g/mol. The van der Waals surface area contributed by atoms with E-state index in [-0.39, 0.29) is 17.2 Å². The van der Waals surface area contributed by atoms with Crippen LogP contribution >= 0.6 is 11.6 Å². The van der Waals surface area contributed by atoms with E-state index in [4.69, 9.17) is 16.3 Å². The van der Waals surface area contributed by atoms with Gasteiger partial charge < -0.3 is 9.64 Å². The fourth-order valence-corrected chi connectivity index (χ4v) is 2.18. The Kier molecular flexibility index (Phi) is 4.49. The van der Waals surface area contributed by atoms with Gasteiger partial charge in [0, 0.05) is 19.7 Å². The summed E-state index contributed by atoms with van der Waals surface area (Å²) < 4.78 is 5.57. The van der Waals surface area contributed by atoms with E-state index in [9.17, 15) is 4.79 Å². The van der Waals surface area contributed by atoms with E-state index in [0.717, 1.165) is 19.4 Å². The predicted molar refractivity (Wildman–Crippen MR) is 67.6 cm³/mol. The molecule has 6 heteroatoms. The molecule has 5 nitrogen and oxygen atoms in total. The molecule has 2 heterocycles. The number of hydrogen-bond donors (Lipinski definition) is 0. The summed E-state index contributed by atoms with van der Waals surface area (Å²) >= 11 is 5.65. The van der Waals surface area contributed by atoms with Crippen LogP contribution in [0.2, 0.25) is 5.15 Å². The van der Waals surface area contributed by atoms with Gasteiger partial charge in [0.05, 0.1) is 18.5 Å². The molecule has 0 aromatic carbocycles. The minimum atomic E-state index is -0.108. The van der Waals surface area contributed by atoms with Gasteiger partial charge in [0.2, 0.25) is 0 Å². The fraction of sp³-hybridized carbons (Fsp3) is 0.583. The highest BCUT2D eigenvalue weighted by atomic mass is 35.5. The molecule has 2 rings (SSSR count). The molecule has 1 saturated heterocycles. The Bertz CT molecular complexity index is 408. The Labute approximate surface area is 111 Å². The van der Waals surface area contributed by atoms with Crippen LogP contribution in [0, 0.1) is 0 Å². The van der Waals surface area contributed by atoms with E-state index >= 15 is 0 Å². The molecule has 1 amide bonds. The molecule has 1 atom stereocenters. The molecule has 1 aliphatic rings. The van der Waals surface area contributed by atoms with E-state index in [1.807, 2.05) is 6.92 Å². The average Bonchev–Trinajstić information content (AvgIpc) is 2.39. The van der Waals surface area contributed by atoms with Crippen molar-refractivity contribution < 1.29 is 9.53 Å². The number of piperidine rings is 1. The first-order valence-corrected chi connectivity index (χ1v) is 6.47. The fourth-order valence-electron chi connectivity index (χ4n) is 2.08. The summed E-state index contributed by atoms with van der Waals surface area (Å²) in [5.41, 5.74) is 0.330. The van der Waals surface area contributed by atoms with E-state index < -0.39 is 0 Å². The van der Waals surface area contributed by atoms with E-state index in [1.165, 1.54) is 12.4 Å². The number of likely N-dealkylation sites (tertiary alicyclic amines) is 1. The number of hydrogen-bond acceptors (Lipinski definition) is 4. The van der Waals surface area contributed by atoms with Crippen LogP contribution in [0.25, 0.3) is 0 Å². The molecule has 1 aliphatic heterocycles. The number of carbonyl (C=O) groups is 1. The van der Waals surface area contributed by atoms with Gasteiger partial charge in [-0.05, 0) is 19.8 Å². The van der Waals surface area contributed by atoms with Crippen LogP contribution in [0.4, 0.5) is 0 Å². The molecule has 0 saturated carbocycles. The third kappa shape index (κ3) is 3.17. The van der Waals surface area contributed by atoms with Gasteiger partial charge in [0.25, 0.3) is 5.91 Å². The van der Waals surface area contributed by atoms with Gasteiger partial charge in [0.15, 0.2) is 0 Å². The van der Waals surface area contributed by atoms with Crippen LogP contribution in [0.5, 0.6) is 0 Å². The average molecular weight is 270 g/mol. The Morgan fingerprint density at radius 1 is 1.56 bits per heavy atom. The first-order valence-electron chi connectivity index (χ1n) is 6.09. The van der Waals surface area contributed by atoms with E-state index in [0.29, 0.717) is 18.8 Å². The predicted octanol–water partition coefficient (Wildman–Crippen LogP) is 1.77. The Balaban J connectivity index is 2.02. The zero-order chi connectivity index (χ0) is 13.0. The Morgan fingerprint density at radius 3 is 3.06 bits per heavy atom. The van der Waals surface area contributed by atoms with Crippen molar-refractivity contribution in [1.29, 1.82) is 0 Å². The Hall–Kier alpha value is -1.20. The van der Waals surface area contributed by atoms with E-state index in [1.54, 1.807) is 4.90 Å². The summed E-state index contributed by atoms with van der Waals surface area (Å²) in [6.07, 6.45) is 4.89. The summed E-state index contributed by atoms with van der Waals surface area (Å²) in [4.78, 5) is 21.8. The van der Waals surface area contributed by atoms with Crippen molar-refractivity contribution in [2.75, 3.05) is 19.7 Å². The standard InChI is InChI=1S/C12H16ClN3O2/c1-2-18-9-4-3-5-16(8-9)12(17)10-6-15-11(13)7-14-10/h6-7,9H,2-5,8H2,1H3. The van der Waals surface area contributed by atoms with Gasteiger partial charge in [-0.2, -0.15) is 0 Å². The molecule has 1 aromatic heterocycles. The molecule has 0 N–H and O–H groups in total. The lowest BCUT2D eigenvalue weighted by Gasteiger charge is -2.32. The number of carbonyl (C=O) groups excluding carboxylic acids is 1. The minimum absolute atomic E-state index is 0.108. The van der Waals surface area contributed by atoms with Crippen molar-refractivity contribution >= 4 is 17.5 Å². The normalized spacial score (nSPS) is 19.9. The molecule has 18 heavy (non-hydrogen) atoms. The van der Waals surface area contributed by atoms with Crippen LogP contribution in [-0.4, -0.2) is 46.6 Å². The summed E-state index contributed by atoms with van der Waals surface area (Å²) in [6, 6.07) is 0. The summed E-state index contributed by atoms with van der Waals surface area (Å²) in [5, 5.41) is 0.289. The van der Waals surface area contributed by atoms with Crippen LogP contribution in [0.3, 0.4) is 0 Å². The molecule has 0 aliphatic carbocycles. The van der Waals surface area contributed by atoms with Gasteiger partial charge in [0.1, 0.15) is 10.8 Å². The number of halogens is 1. The van der Waals surface area contributed by atoms with Crippen molar-refractivity contribution in [2.45, 2.75) is 25.9 Å². The lowest BCUT2D eigenvalue weighted by atomic mass is 10.1. The summed E-state index contributed by atoms with van der Waals surface area (Å²) in [7, 11) is 0. The summed E-state index contributed by atoms with van der Waals surface area (Å²) in [6.45, 7) is 4.00. The Morgan fingerprint density at radius 2 is 2.39 bits per heavy atom. The second-order valence-electron chi connectivity index (χ2n) is 4.20. The van der Waals surface area contributed by atoms with Crippen LogP contribution < -0.4 is 0 Å². The van der Waals surface area contributed by atoms with Crippen molar-refractivity contribution in [1.82, 2.24) is 14.9 Å². The zero-order valence-corrected chi connectivity index (χ0v) is 11.1.